The second-order valence-corrected chi connectivity index (χ2v) is 16.7. The summed E-state index contributed by atoms with van der Waals surface area (Å²) >= 11 is 4.97. The van der Waals surface area contributed by atoms with E-state index in [-0.39, 0.29) is 12.1 Å². The van der Waals surface area contributed by atoms with Gasteiger partial charge in [0.05, 0.1) is 18.9 Å². The Morgan fingerprint density at radius 2 is 1.74 bits per heavy atom. The third-order valence-corrected chi connectivity index (χ3v) is 11.4. The first-order chi connectivity index (χ1) is 24.7. The van der Waals surface area contributed by atoms with Crippen LogP contribution >= 0.6 is 14.5 Å². The fourth-order valence-corrected chi connectivity index (χ4v) is 9.02. The summed E-state index contributed by atoms with van der Waals surface area (Å²) in [7, 11) is -5.64. The lowest BCUT2D eigenvalue weighted by Crippen LogP contribution is -2.60. The first-order valence-corrected chi connectivity index (χ1v) is 19.7. The van der Waals surface area contributed by atoms with E-state index in [2.05, 4.69) is 19.7 Å². The Hall–Kier alpha value is -3.12. The molecule has 7 unspecified atom stereocenters. The number of alkyl halides is 1. The largest absolute Gasteiger partial charge is 0.481 e. The lowest BCUT2D eigenvalue weighted by Gasteiger charge is -2.44. The molecule has 5 rings (SSSR count). The van der Waals surface area contributed by atoms with E-state index in [0.29, 0.717) is 11.2 Å². The van der Waals surface area contributed by atoms with Crippen molar-refractivity contribution in [3.05, 3.63) is 12.7 Å². The van der Waals surface area contributed by atoms with Gasteiger partial charge >= 0.3 is 32.4 Å². The van der Waals surface area contributed by atoms with Crippen LogP contribution in [0.15, 0.2) is 12.7 Å². The van der Waals surface area contributed by atoms with E-state index in [1.807, 2.05) is 0 Å². The van der Waals surface area contributed by atoms with Gasteiger partial charge in [-0.15, -0.1) is 0 Å². The van der Waals surface area contributed by atoms with Gasteiger partial charge in [0.1, 0.15) is 55.3 Å². The second kappa shape index (κ2) is 15.9. The molecule has 0 bridgehead atoms. The molecule has 26 heteroatoms. The van der Waals surface area contributed by atoms with Gasteiger partial charge in [0, 0.05) is 20.8 Å². The number of nitrogen functional groups attached to an aromatic ring is 1. The zero-order valence-corrected chi connectivity index (χ0v) is 31.1. The molecule has 0 radical (unpaired) electrons. The molecular weight excluding hydrogens is 779 g/mol. The van der Waals surface area contributed by atoms with E-state index in [4.69, 9.17) is 59.3 Å². The first-order valence-electron chi connectivity index (χ1n) is 15.6. The van der Waals surface area contributed by atoms with Crippen molar-refractivity contribution in [3.8, 4) is 0 Å². The van der Waals surface area contributed by atoms with Crippen molar-refractivity contribution in [2.45, 2.75) is 95.7 Å². The number of halogens is 1. The molecule has 3 aliphatic rings. The summed E-state index contributed by atoms with van der Waals surface area (Å²) in [5, 5.41) is 0. The molecule has 0 aliphatic carbocycles. The second-order valence-electron chi connectivity index (χ2n) is 12.3. The maximum atomic E-state index is 15.4. The summed E-state index contributed by atoms with van der Waals surface area (Å²) in [5.41, 5.74) is 6.52. The molecule has 294 valence electrons. The third kappa shape index (κ3) is 9.58. The maximum absolute atomic E-state index is 15.4. The van der Waals surface area contributed by atoms with E-state index in [9.17, 15) is 33.5 Å². The van der Waals surface area contributed by atoms with Gasteiger partial charge in [0.2, 0.25) is 6.29 Å². The number of esters is 3. The minimum atomic E-state index is -5.64. The standard InChI is InChI=1S/C27H36FN5O17P2S/c1-11(35)41-7-15(28)20-18(43-12(2)36)14(6-34)19(44-13(3)37)26(46-20)49-51(38,39)50-52(40,53)42-8-16-21-22(48-27(4,5)47-21)25(45-16)33-10-32-17-23(29)30-9-31-24(17)33/h6,9-10,14-16,18-22,25-26H,7-8H2,1-5H3,(H,38,39)(H,40,53)(H2,29,30,31)/t14?,15-,16+,18-,19?,20?,21?,22?,25+,26-,52?/m0/s1. The number of nitrogens with two attached hydrogens (primary N) is 1. The number of anilines is 1. The summed E-state index contributed by atoms with van der Waals surface area (Å²) < 4.78 is 83.8. The van der Waals surface area contributed by atoms with Crippen molar-refractivity contribution in [1.29, 1.82) is 0 Å². The van der Waals surface area contributed by atoms with E-state index < -0.39 is 113 Å². The lowest BCUT2D eigenvalue weighted by atomic mass is 9.88. The van der Waals surface area contributed by atoms with Gasteiger partial charge in [-0.25, -0.2) is 28.2 Å². The number of carbonyl (C=O) groups excluding carboxylic acids is 4. The van der Waals surface area contributed by atoms with Gasteiger partial charge in [-0.2, -0.15) is 0 Å². The SMILES string of the molecule is CC(=O)OC[C@H](F)C1O[C@@H](OP(=O)(O)OP(O)(=S)OC[C@H]2O[C@@H](n3cnc4c(N)ncnc43)C3OC(C)(C)OC32)C(OC(C)=O)C(C=O)[C@@H]1OC(C)=O. The van der Waals surface area contributed by atoms with Gasteiger partial charge in [0.15, 0.2) is 35.8 Å². The molecule has 53 heavy (non-hydrogen) atoms. The highest BCUT2D eigenvalue weighted by atomic mass is 32.5. The monoisotopic (exact) mass is 815 g/mol. The fourth-order valence-electron chi connectivity index (χ4n) is 5.93. The third-order valence-electron chi connectivity index (χ3n) is 7.84. The number of ether oxygens (including phenoxy) is 7. The van der Waals surface area contributed by atoms with Crippen LogP contribution in [0.25, 0.3) is 11.2 Å². The molecule has 3 aliphatic heterocycles. The molecule has 0 spiro atoms. The van der Waals surface area contributed by atoms with Crippen LogP contribution in [0.5, 0.6) is 0 Å². The quantitative estimate of drug-likeness (QED) is 0.101. The Bertz CT molecular complexity index is 1820. The Balaban J connectivity index is 1.32. The number of hydrogen-bond acceptors (Lipinski definition) is 20. The Morgan fingerprint density at radius 1 is 1.08 bits per heavy atom. The first kappa shape index (κ1) is 41.1. The van der Waals surface area contributed by atoms with E-state index in [0.717, 1.165) is 20.8 Å². The number of phosphoric ester groups is 1. The number of aldehydes is 1. The van der Waals surface area contributed by atoms with Gasteiger partial charge in [-0.05, 0) is 25.7 Å². The molecule has 2 aromatic rings. The minimum Gasteiger partial charge on any atom is -0.463 e. The van der Waals surface area contributed by atoms with Gasteiger partial charge < -0.3 is 58.0 Å². The summed E-state index contributed by atoms with van der Waals surface area (Å²) in [6.07, 6.45) is -11.2. The summed E-state index contributed by atoms with van der Waals surface area (Å²) in [6.45, 7) is -0.205. The maximum Gasteiger partial charge on any atom is 0.481 e. The normalized spacial score (nSPS) is 32.2. The van der Waals surface area contributed by atoms with Gasteiger partial charge in [-0.1, -0.05) is 0 Å². The highest BCUT2D eigenvalue weighted by Crippen LogP contribution is 2.62. The van der Waals surface area contributed by atoms with Crippen molar-refractivity contribution in [2.24, 2.45) is 5.92 Å². The van der Waals surface area contributed by atoms with Crippen LogP contribution in [0.2, 0.25) is 0 Å². The molecular formula is C27H36FN5O17P2S. The number of phosphoric acid groups is 1. The molecule has 22 nitrogen and oxygen atoms in total. The number of hydrogen-bond donors (Lipinski definition) is 3. The van der Waals surface area contributed by atoms with Crippen LogP contribution in [0.4, 0.5) is 10.2 Å². The molecule has 4 N–H and O–H groups in total. The Morgan fingerprint density at radius 3 is 2.38 bits per heavy atom. The highest BCUT2D eigenvalue weighted by Gasteiger charge is 2.58. The molecule has 5 heterocycles. The molecule has 12 atom stereocenters. The number of imidazole rings is 1. The van der Waals surface area contributed by atoms with E-state index >= 15 is 4.39 Å². The number of carbonyl (C=O) groups is 4. The van der Waals surface area contributed by atoms with Crippen LogP contribution in [-0.2, 0) is 82.1 Å². The zero-order valence-electron chi connectivity index (χ0n) is 28.5. The molecule has 0 amide bonds. The van der Waals surface area contributed by atoms with Crippen LogP contribution in [0.1, 0.15) is 40.8 Å². The average molecular weight is 816 g/mol. The predicted molar refractivity (Wildman–Crippen MR) is 173 cm³/mol. The fraction of sp³-hybridized carbons (Fsp3) is 0.667. The average Bonchev–Trinajstić information content (AvgIpc) is 3.70. The molecule has 0 aromatic carbocycles. The van der Waals surface area contributed by atoms with E-state index in [1.54, 1.807) is 13.8 Å². The molecule has 2 aromatic heterocycles. The van der Waals surface area contributed by atoms with Crippen molar-refractivity contribution in [1.82, 2.24) is 19.5 Å². The van der Waals surface area contributed by atoms with Gasteiger partial charge in [-0.3, -0.25) is 23.5 Å². The Labute approximate surface area is 304 Å². The predicted octanol–water partition coefficient (Wildman–Crippen LogP) is 0.498. The lowest BCUT2D eigenvalue weighted by molar-refractivity contribution is -0.276. The smallest absolute Gasteiger partial charge is 0.463 e. The van der Waals surface area contributed by atoms with Gasteiger partial charge in [0.25, 0.3) is 0 Å². The highest BCUT2D eigenvalue weighted by molar-refractivity contribution is 8.08. The van der Waals surface area contributed by atoms with E-state index in [1.165, 1.54) is 17.2 Å². The van der Waals surface area contributed by atoms with Crippen molar-refractivity contribution < 1.29 is 84.4 Å². The van der Waals surface area contributed by atoms with Crippen molar-refractivity contribution in [3.63, 3.8) is 0 Å². The number of aromatic nitrogens is 4. The number of rotatable bonds is 14. The topological polar surface area (TPSA) is 288 Å². The molecule has 3 saturated heterocycles. The van der Waals surface area contributed by atoms with Crippen molar-refractivity contribution in [2.75, 3.05) is 18.9 Å². The molecule has 3 fully saturated rings. The van der Waals surface area contributed by atoms with Crippen LogP contribution < -0.4 is 5.73 Å². The van der Waals surface area contributed by atoms with Crippen LogP contribution in [0.3, 0.4) is 0 Å². The van der Waals surface area contributed by atoms with Crippen LogP contribution in [-0.4, -0.2) is 122 Å². The number of nitrogens with zero attached hydrogens (tertiary/aromatic N) is 4. The zero-order chi connectivity index (χ0) is 39.0. The van der Waals surface area contributed by atoms with Crippen LogP contribution in [0, 0.1) is 5.92 Å². The van der Waals surface area contributed by atoms with Crippen molar-refractivity contribution >= 4 is 67.5 Å². The summed E-state index contributed by atoms with van der Waals surface area (Å²) in [5.74, 6) is -5.72. The summed E-state index contributed by atoms with van der Waals surface area (Å²) in [6, 6.07) is 0. The number of fused-ring (bicyclic) bond motifs is 2. The molecule has 0 saturated carbocycles. The summed E-state index contributed by atoms with van der Waals surface area (Å²) in [4.78, 5) is 81.3. The minimum absolute atomic E-state index is 0.112. The Kier molecular flexibility index (Phi) is 12.3.